The van der Waals surface area contributed by atoms with Crippen LogP contribution in [-0.2, 0) is 10.0 Å². The second-order valence-electron chi connectivity index (χ2n) is 3.50. The zero-order valence-corrected chi connectivity index (χ0v) is 11.4. The van der Waals surface area contributed by atoms with Crippen LogP contribution in [0.2, 0.25) is 0 Å². The second kappa shape index (κ2) is 5.40. The molecule has 0 unspecified atom stereocenters. The normalized spacial score (nSPS) is 11.1. The van der Waals surface area contributed by atoms with Crippen molar-refractivity contribution in [1.29, 1.82) is 0 Å². The minimum atomic E-state index is -4.13. The smallest absolute Gasteiger partial charge is 0.314 e. The number of nitrogen functional groups attached to an aromatic ring is 1. The minimum absolute atomic E-state index is 0.1000. The van der Waals surface area contributed by atoms with Gasteiger partial charge in [-0.1, -0.05) is 6.07 Å². The van der Waals surface area contributed by atoms with E-state index in [0.29, 0.717) is 0 Å². The number of nitrogens with two attached hydrogens (primary N) is 1. The summed E-state index contributed by atoms with van der Waals surface area (Å²) in [5.74, 6) is 5.16. The maximum absolute atomic E-state index is 12.2. The fourth-order valence-electron chi connectivity index (χ4n) is 1.49. The van der Waals surface area contributed by atoms with E-state index >= 15 is 0 Å². The van der Waals surface area contributed by atoms with Gasteiger partial charge in [0.1, 0.15) is 5.69 Å². The van der Waals surface area contributed by atoms with Crippen molar-refractivity contribution in [2.24, 2.45) is 5.84 Å². The molecule has 0 spiro atoms. The van der Waals surface area contributed by atoms with Crippen molar-refractivity contribution < 1.29 is 13.3 Å². The molecule has 0 aliphatic rings. The molecule has 106 valence electrons. The average Bonchev–Trinajstić information content (AvgIpc) is 2.89. The first kappa shape index (κ1) is 14.2. The molecule has 20 heavy (non-hydrogen) atoms. The van der Waals surface area contributed by atoms with Gasteiger partial charge in [-0.2, -0.15) is 0 Å². The highest BCUT2D eigenvalue weighted by Gasteiger charge is 2.29. The van der Waals surface area contributed by atoms with Gasteiger partial charge in [-0.25, -0.2) is 13.4 Å². The Labute approximate surface area is 117 Å². The second-order valence-corrected chi connectivity index (χ2v) is 6.04. The van der Waals surface area contributed by atoms with Crippen LogP contribution < -0.4 is 16.0 Å². The van der Waals surface area contributed by atoms with Gasteiger partial charge in [-0.05, 0) is 12.1 Å². The third-order valence-electron chi connectivity index (χ3n) is 2.28. The summed E-state index contributed by atoms with van der Waals surface area (Å²) in [6, 6.07) is 3.77. The van der Waals surface area contributed by atoms with Gasteiger partial charge in [0.2, 0.25) is 0 Å². The monoisotopic (exact) mass is 315 g/mol. The SMILES string of the molecule is NNc1cccc(S(=O)(=O)Nc2nccs2)c1[N+](=O)[O-]. The van der Waals surface area contributed by atoms with Crippen LogP contribution in [0.4, 0.5) is 16.5 Å². The van der Waals surface area contributed by atoms with Crippen LogP contribution in [0, 0.1) is 10.1 Å². The summed E-state index contributed by atoms with van der Waals surface area (Å²) >= 11 is 1.06. The number of hydrogen-bond donors (Lipinski definition) is 3. The van der Waals surface area contributed by atoms with E-state index in [1.165, 1.54) is 18.3 Å². The van der Waals surface area contributed by atoms with Crippen molar-refractivity contribution in [1.82, 2.24) is 4.98 Å². The van der Waals surface area contributed by atoms with Gasteiger partial charge in [-0.3, -0.25) is 20.7 Å². The van der Waals surface area contributed by atoms with Crippen LogP contribution in [0.25, 0.3) is 0 Å². The fourth-order valence-corrected chi connectivity index (χ4v) is 3.47. The van der Waals surface area contributed by atoms with Crippen molar-refractivity contribution in [3.05, 3.63) is 39.9 Å². The molecule has 0 amide bonds. The first-order valence-electron chi connectivity index (χ1n) is 5.12. The summed E-state index contributed by atoms with van der Waals surface area (Å²) < 4.78 is 26.5. The molecule has 1 aromatic carbocycles. The highest BCUT2D eigenvalue weighted by Crippen LogP contribution is 2.32. The minimum Gasteiger partial charge on any atom is -0.318 e. The predicted molar refractivity (Wildman–Crippen MR) is 73.8 cm³/mol. The van der Waals surface area contributed by atoms with Crippen LogP contribution in [0.5, 0.6) is 0 Å². The van der Waals surface area contributed by atoms with Crippen LogP contribution >= 0.6 is 11.3 Å². The van der Waals surface area contributed by atoms with Crippen LogP contribution in [0.3, 0.4) is 0 Å². The molecule has 0 bridgehead atoms. The molecule has 2 aromatic rings. The van der Waals surface area contributed by atoms with E-state index in [9.17, 15) is 18.5 Å². The van der Waals surface area contributed by atoms with Crippen LogP contribution in [-0.4, -0.2) is 18.3 Å². The molecule has 0 aliphatic heterocycles. The number of nitrogens with zero attached hydrogens (tertiary/aromatic N) is 2. The van der Waals surface area contributed by atoms with Crippen molar-refractivity contribution in [3.63, 3.8) is 0 Å². The van der Waals surface area contributed by atoms with Gasteiger partial charge in [0.15, 0.2) is 10.0 Å². The summed E-state index contributed by atoms with van der Waals surface area (Å²) in [5, 5.41) is 12.7. The number of hydrazine groups is 1. The maximum atomic E-state index is 12.2. The molecule has 0 aliphatic carbocycles. The molecule has 9 nitrogen and oxygen atoms in total. The summed E-state index contributed by atoms with van der Waals surface area (Å²) in [6.07, 6.45) is 1.41. The first-order valence-corrected chi connectivity index (χ1v) is 7.48. The van der Waals surface area contributed by atoms with Crippen molar-refractivity contribution in [3.8, 4) is 0 Å². The van der Waals surface area contributed by atoms with E-state index in [-0.39, 0.29) is 10.8 Å². The Morgan fingerprint density at radius 3 is 2.70 bits per heavy atom. The topological polar surface area (TPSA) is 140 Å². The number of nitro groups is 1. The van der Waals surface area contributed by atoms with Gasteiger partial charge >= 0.3 is 5.69 Å². The Kier molecular flexibility index (Phi) is 3.83. The molecule has 0 saturated carbocycles. The zero-order valence-electron chi connectivity index (χ0n) is 9.81. The Hall–Kier alpha value is -2.24. The quantitative estimate of drug-likeness (QED) is 0.427. The third-order valence-corrected chi connectivity index (χ3v) is 4.47. The Bertz CT molecular complexity index is 729. The molecule has 1 aromatic heterocycles. The number of para-hydroxylation sites is 1. The van der Waals surface area contributed by atoms with Crippen molar-refractivity contribution in [2.75, 3.05) is 10.1 Å². The van der Waals surface area contributed by atoms with Crippen LogP contribution in [0.1, 0.15) is 0 Å². The number of anilines is 2. The molecule has 0 saturated heterocycles. The largest absolute Gasteiger partial charge is 0.318 e. The van der Waals surface area contributed by atoms with Crippen molar-refractivity contribution in [2.45, 2.75) is 4.90 Å². The molecule has 0 fully saturated rings. The zero-order chi connectivity index (χ0) is 14.8. The van der Waals surface area contributed by atoms with Gasteiger partial charge in [0.05, 0.1) is 4.92 Å². The number of benzene rings is 1. The lowest BCUT2D eigenvalue weighted by Crippen LogP contribution is -2.17. The molecule has 0 atom stereocenters. The van der Waals surface area contributed by atoms with Gasteiger partial charge in [0, 0.05) is 11.6 Å². The number of sulfonamides is 1. The number of thiazole rings is 1. The molecule has 11 heteroatoms. The summed E-state index contributed by atoms with van der Waals surface area (Å²) in [7, 11) is -4.13. The molecule has 2 rings (SSSR count). The number of nitro benzene ring substituents is 1. The molecular formula is C9H9N5O4S2. The molecular weight excluding hydrogens is 306 g/mol. The fraction of sp³-hybridized carbons (Fsp3) is 0. The lowest BCUT2D eigenvalue weighted by Gasteiger charge is -2.08. The summed E-state index contributed by atoms with van der Waals surface area (Å²) in [6.45, 7) is 0. The molecule has 1 heterocycles. The highest BCUT2D eigenvalue weighted by atomic mass is 32.2. The summed E-state index contributed by atoms with van der Waals surface area (Å²) in [4.78, 5) is 13.5. The van der Waals surface area contributed by atoms with Crippen molar-refractivity contribution >= 4 is 37.9 Å². The van der Waals surface area contributed by atoms with E-state index in [1.807, 2.05) is 0 Å². The third kappa shape index (κ3) is 2.68. The number of rotatable bonds is 5. The predicted octanol–water partition coefficient (Wildman–Crippen LogP) is 1.14. The van der Waals surface area contributed by atoms with Gasteiger partial charge in [-0.15, -0.1) is 11.3 Å². The van der Waals surface area contributed by atoms with E-state index in [4.69, 9.17) is 5.84 Å². The van der Waals surface area contributed by atoms with Gasteiger partial charge < -0.3 is 5.43 Å². The Morgan fingerprint density at radius 1 is 1.40 bits per heavy atom. The maximum Gasteiger partial charge on any atom is 0.314 e. The lowest BCUT2D eigenvalue weighted by molar-refractivity contribution is -0.386. The van der Waals surface area contributed by atoms with E-state index < -0.39 is 25.5 Å². The number of hydrogen-bond acceptors (Lipinski definition) is 8. The Morgan fingerprint density at radius 2 is 2.15 bits per heavy atom. The summed E-state index contributed by atoms with van der Waals surface area (Å²) in [5.41, 5.74) is 1.38. The lowest BCUT2D eigenvalue weighted by atomic mass is 10.3. The molecule has 4 N–H and O–H groups in total. The number of aromatic nitrogens is 1. The van der Waals surface area contributed by atoms with E-state index in [2.05, 4.69) is 15.1 Å². The standard InChI is InChI=1S/C9H9N5O4S2/c10-12-6-2-1-3-7(8(6)14(15)16)20(17,18)13-9-11-4-5-19-9/h1-5,12H,10H2,(H,11,13). The van der Waals surface area contributed by atoms with Crippen LogP contribution in [0.15, 0.2) is 34.7 Å². The van der Waals surface area contributed by atoms with E-state index in [0.717, 1.165) is 17.4 Å². The highest BCUT2D eigenvalue weighted by molar-refractivity contribution is 7.93. The number of nitrogens with one attached hydrogen (secondary N) is 2. The first-order chi connectivity index (χ1) is 9.45. The van der Waals surface area contributed by atoms with E-state index in [1.54, 1.807) is 5.38 Å². The average molecular weight is 315 g/mol. The molecule has 0 radical (unpaired) electrons. The Balaban J connectivity index is 2.54. The van der Waals surface area contributed by atoms with Gasteiger partial charge in [0.25, 0.3) is 10.0 Å².